The van der Waals surface area contributed by atoms with Crippen LogP contribution in [0, 0.1) is 0 Å². The summed E-state index contributed by atoms with van der Waals surface area (Å²) in [5.41, 5.74) is 7.53. The van der Waals surface area contributed by atoms with E-state index in [4.69, 9.17) is 10.5 Å². The Morgan fingerprint density at radius 2 is 1.58 bits per heavy atom. The van der Waals surface area contributed by atoms with Gasteiger partial charge in [0.05, 0.1) is 12.2 Å². The molecule has 0 bridgehead atoms. The maximum Gasteiger partial charge on any atom is 0.416 e. The molecule has 136 valence electrons. The molecule has 0 aliphatic rings. The Bertz CT molecular complexity index is 804. The molecule has 0 spiro atoms. The van der Waals surface area contributed by atoms with E-state index in [2.05, 4.69) is 0 Å². The molecule has 2 aromatic rings. The third-order valence-corrected chi connectivity index (χ3v) is 3.53. The van der Waals surface area contributed by atoms with Crippen LogP contribution in [-0.4, -0.2) is 12.6 Å². The second kappa shape index (κ2) is 8.38. The Balaban J connectivity index is 2.40. The van der Waals surface area contributed by atoms with E-state index >= 15 is 0 Å². The second-order valence-electron chi connectivity index (χ2n) is 5.39. The Hall–Kier alpha value is -3.02. The molecule has 0 unspecified atom stereocenters. The maximum absolute atomic E-state index is 12.8. The smallest absolute Gasteiger partial charge is 0.416 e. The number of alkyl halides is 3. The van der Waals surface area contributed by atoms with Crippen molar-refractivity contribution in [3.63, 3.8) is 0 Å². The zero-order chi connectivity index (χ0) is 19.2. The Kier molecular flexibility index (Phi) is 6.22. The van der Waals surface area contributed by atoms with Crippen molar-refractivity contribution in [2.75, 3.05) is 12.3 Å². The lowest BCUT2D eigenvalue weighted by Gasteiger charge is -2.11. The highest BCUT2D eigenvalue weighted by Crippen LogP contribution is 2.31. The van der Waals surface area contributed by atoms with E-state index in [1.54, 1.807) is 37.3 Å². The summed E-state index contributed by atoms with van der Waals surface area (Å²) in [6, 6.07) is 11.7. The van der Waals surface area contributed by atoms with E-state index in [1.165, 1.54) is 24.3 Å². The predicted molar refractivity (Wildman–Crippen MR) is 95.2 cm³/mol. The van der Waals surface area contributed by atoms with Gasteiger partial charge in [-0.25, -0.2) is 4.79 Å². The number of benzene rings is 2. The molecule has 2 N–H and O–H groups in total. The number of carbonyl (C=O) groups is 1. The van der Waals surface area contributed by atoms with Crippen LogP contribution in [0.3, 0.4) is 0 Å². The fourth-order valence-electron chi connectivity index (χ4n) is 2.27. The number of nitrogens with two attached hydrogens (primary N) is 1. The average molecular weight is 361 g/mol. The van der Waals surface area contributed by atoms with Gasteiger partial charge in [-0.1, -0.05) is 36.4 Å². The minimum absolute atomic E-state index is 0.261. The number of allylic oxidation sites excluding steroid dienone is 2. The van der Waals surface area contributed by atoms with Gasteiger partial charge in [-0.15, -0.1) is 0 Å². The number of halogens is 3. The van der Waals surface area contributed by atoms with Crippen molar-refractivity contribution in [2.24, 2.45) is 0 Å². The number of esters is 1. The Morgan fingerprint density at radius 3 is 2.08 bits per heavy atom. The van der Waals surface area contributed by atoms with Crippen molar-refractivity contribution in [3.8, 4) is 0 Å². The first kappa shape index (κ1) is 19.3. The van der Waals surface area contributed by atoms with Crippen LogP contribution in [0.15, 0.2) is 66.8 Å². The van der Waals surface area contributed by atoms with E-state index in [9.17, 15) is 18.0 Å². The highest BCUT2D eigenvalue weighted by Gasteiger charge is 2.30. The minimum Gasteiger partial charge on any atom is -0.463 e. The van der Waals surface area contributed by atoms with Crippen molar-refractivity contribution in [3.05, 3.63) is 83.4 Å². The molecule has 0 fully saturated rings. The summed E-state index contributed by atoms with van der Waals surface area (Å²) in [4.78, 5) is 11.4. The van der Waals surface area contributed by atoms with Crippen LogP contribution in [0.25, 0.3) is 5.57 Å². The highest BCUT2D eigenvalue weighted by atomic mass is 19.4. The van der Waals surface area contributed by atoms with Gasteiger partial charge in [0, 0.05) is 11.8 Å². The summed E-state index contributed by atoms with van der Waals surface area (Å²) in [7, 11) is 0. The summed E-state index contributed by atoms with van der Waals surface area (Å²) < 4.78 is 43.1. The first-order chi connectivity index (χ1) is 12.3. The van der Waals surface area contributed by atoms with Crippen molar-refractivity contribution in [2.45, 2.75) is 13.1 Å². The zero-order valence-electron chi connectivity index (χ0n) is 14.1. The lowest BCUT2D eigenvalue weighted by atomic mass is 9.96. The van der Waals surface area contributed by atoms with Crippen LogP contribution in [0.4, 0.5) is 18.9 Å². The molecule has 0 aliphatic heterocycles. The molecule has 0 heterocycles. The second-order valence-corrected chi connectivity index (χ2v) is 5.39. The monoisotopic (exact) mass is 361 g/mol. The van der Waals surface area contributed by atoms with Crippen LogP contribution >= 0.6 is 0 Å². The van der Waals surface area contributed by atoms with Gasteiger partial charge in [0.1, 0.15) is 0 Å². The number of carbonyl (C=O) groups excluding carboxylic acids is 1. The lowest BCUT2D eigenvalue weighted by Crippen LogP contribution is -2.04. The van der Waals surface area contributed by atoms with Gasteiger partial charge in [0.2, 0.25) is 0 Å². The normalized spacial score (nSPS) is 12.4. The van der Waals surface area contributed by atoms with Crippen LogP contribution in [0.5, 0.6) is 0 Å². The molecule has 0 saturated heterocycles. The maximum atomic E-state index is 12.8. The standard InChI is InChI=1S/C20H18F3NO2/c1-2-26-19(25)5-3-4-18(15-8-12-17(24)13-9-15)14-6-10-16(11-7-14)20(21,22)23/h3-13H,2,24H2,1H3. The van der Waals surface area contributed by atoms with Crippen LogP contribution in [0.1, 0.15) is 23.6 Å². The topological polar surface area (TPSA) is 52.3 Å². The minimum atomic E-state index is -4.40. The van der Waals surface area contributed by atoms with E-state index in [1.807, 2.05) is 0 Å². The molecule has 0 saturated carbocycles. The van der Waals surface area contributed by atoms with E-state index in [-0.39, 0.29) is 6.61 Å². The number of anilines is 1. The lowest BCUT2D eigenvalue weighted by molar-refractivity contribution is -0.138. The van der Waals surface area contributed by atoms with Gasteiger partial charge in [-0.05, 0) is 47.9 Å². The van der Waals surface area contributed by atoms with Crippen molar-refractivity contribution in [1.29, 1.82) is 0 Å². The van der Waals surface area contributed by atoms with Gasteiger partial charge < -0.3 is 10.5 Å². The predicted octanol–water partition coefficient (Wildman–Crippen LogP) is 4.84. The highest BCUT2D eigenvalue weighted by molar-refractivity contribution is 5.85. The Labute approximate surface area is 149 Å². The quantitative estimate of drug-likeness (QED) is 0.359. The van der Waals surface area contributed by atoms with Crippen molar-refractivity contribution >= 4 is 17.2 Å². The van der Waals surface area contributed by atoms with Gasteiger partial charge in [0.15, 0.2) is 0 Å². The fraction of sp³-hybridized carbons (Fsp3) is 0.150. The number of hydrogen-bond donors (Lipinski definition) is 1. The number of nitrogen functional groups attached to an aromatic ring is 1. The first-order valence-corrected chi connectivity index (χ1v) is 7.90. The van der Waals surface area contributed by atoms with Gasteiger partial charge in [-0.2, -0.15) is 13.2 Å². The van der Waals surface area contributed by atoms with Gasteiger partial charge in [0.25, 0.3) is 0 Å². The van der Waals surface area contributed by atoms with Crippen molar-refractivity contribution < 1.29 is 22.7 Å². The summed E-state index contributed by atoms with van der Waals surface area (Å²) in [6.45, 7) is 1.96. The average Bonchev–Trinajstić information content (AvgIpc) is 2.59. The molecule has 2 rings (SSSR count). The summed E-state index contributed by atoms with van der Waals surface area (Å²) in [6.07, 6.45) is 0.00466. The number of hydrogen-bond acceptors (Lipinski definition) is 3. The zero-order valence-corrected chi connectivity index (χ0v) is 14.1. The van der Waals surface area contributed by atoms with Gasteiger partial charge >= 0.3 is 12.1 Å². The molecule has 0 aromatic heterocycles. The van der Waals surface area contributed by atoms with E-state index in [0.29, 0.717) is 16.8 Å². The van der Waals surface area contributed by atoms with Crippen molar-refractivity contribution in [1.82, 2.24) is 0 Å². The summed E-state index contributed by atoms with van der Waals surface area (Å²) in [5, 5.41) is 0. The molecule has 0 aliphatic carbocycles. The molecule has 0 amide bonds. The summed E-state index contributed by atoms with van der Waals surface area (Å²) >= 11 is 0. The third-order valence-electron chi connectivity index (χ3n) is 3.53. The molecule has 6 heteroatoms. The number of rotatable bonds is 5. The van der Waals surface area contributed by atoms with Crippen LogP contribution in [0.2, 0.25) is 0 Å². The third kappa shape index (κ3) is 5.24. The Morgan fingerprint density at radius 1 is 1.04 bits per heavy atom. The SMILES string of the molecule is CCOC(=O)C=CC=C(c1ccc(N)cc1)c1ccc(C(F)(F)F)cc1. The largest absolute Gasteiger partial charge is 0.463 e. The first-order valence-electron chi connectivity index (χ1n) is 7.90. The van der Waals surface area contributed by atoms with Gasteiger partial charge in [-0.3, -0.25) is 0 Å². The van der Waals surface area contributed by atoms with E-state index in [0.717, 1.165) is 17.7 Å². The molecular weight excluding hydrogens is 343 g/mol. The molecule has 2 aromatic carbocycles. The molecule has 0 radical (unpaired) electrons. The number of ether oxygens (including phenoxy) is 1. The molecule has 0 atom stereocenters. The van der Waals surface area contributed by atoms with E-state index < -0.39 is 17.7 Å². The fourth-order valence-corrected chi connectivity index (χ4v) is 2.27. The summed E-state index contributed by atoms with van der Waals surface area (Å²) in [5.74, 6) is -0.493. The molecular formula is C20H18F3NO2. The molecule has 3 nitrogen and oxygen atoms in total. The van der Waals surface area contributed by atoms with Crippen LogP contribution in [-0.2, 0) is 15.7 Å². The molecule has 26 heavy (non-hydrogen) atoms. The van der Waals surface area contributed by atoms with Crippen LogP contribution < -0.4 is 5.73 Å².